The first-order chi connectivity index (χ1) is 33.3. The van der Waals surface area contributed by atoms with Crippen LogP contribution in [-0.2, 0) is 67.2 Å². The van der Waals surface area contributed by atoms with Crippen LogP contribution in [0.3, 0.4) is 0 Å². The van der Waals surface area contributed by atoms with E-state index in [1.807, 2.05) is 97.9 Å². The predicted octanol–water partition coefficient (Wildman–Crippen LogP) is 8.55. The normalized spacial score (nSPS) is 24.6. The average molecular weight is 923 g/mol. The third kappa shape index (κ3) is 12.5. The van der Waals surface area contributed by atoms with Crippen LogP contribution in [0.15, 0.2) is 182 Å². The molecule has 0 aliphatic carbocycles. The van der Waals surface area contributed by atoms with Gasteiger partial charge in [0.15, 0.2) is 30.9 Å². The molecule has 2 heterocycles. The third-order valence-corrected chi connectivity index (χ3v) is 11.6. The maximum Gasteiger partial charge on any atom is 0.338 e. The number of hydrogen-bond donors (Lipinski definition) is 0. The summed E-state index contributed by atoms with van der Waals surface area (Å²) in [6.07, 6.45) is -10.9. The molecule has 0 unspecified atom stereocenters. The van der Waals surface area contributed by atoms with Crippen LogP contribution in [0.25, 0.3) is 0 Å². The molecule has 8 rings (SSSR count). The molecule has 2 aliphatic heterocycles. The van der Waals surface area contributed by atoms with Crippen LogP contribution in [0.4, 0.5) is 0 Å². The molecule has 2 saturated heterocycles. The summed E-state index contributed by atoms with van der Waals surface area (Å²) in [5, 5.41) is 0. The molecule has 0 aromatic heterocycles. The molecule has 0 bridgehead atoms. The Morgan fingerprint density at radius 1 is 0.397 bits per heavy atom. The van der Waals surface area contributed by atoms with Gasteiger partial charge in [-0.1, -0.05) is 146 Å². The highest BCUT2D eigenvalue weighted by Crippen LogP contribution is 2.35. The number of rotatable bonds is 19. The Morgan fingerprint density at radius 2 is 0.765 bits per heavy atom. The number of ether oxygens (including phenoxy) is 10. The van der Waals surface area contributed by atoms with E-state index in [-0.39, 0.29) is 43.1 Å². The van der Waals surface area contributed by atoms with E-state index in [4.69, 9.17) is 47.4 Å². The molecular formula is C55H54O13. The van der Waals surface area contributed by atoms with Gasteiger partial charge in [0.05, 0.1) is 49.2 Å². The molecule has 0 N–H and O–H groups in total. The van der Waals surface area contributed by atoms with Crippen molar-refractivity contribution >= 4 is 17.9 Å². The molecule has 0 amide bonds. The van der Waals surface area contributed by atoms with Crippen molar-refractivity contribution < 1.29 is 61.8 Å². The fourth-order valence-electron chi connectivity index (χ4n) is 8.09. The van der Waals surface area contributed by atoms with E-state index in [1.165, 1.54) is 7.11 Å². The molecule has 13 nitrogen and oxygen atoms in total. The zero-order valence-corrected chi connectivity index (χ0v) is 37.7. The highest BCUT2D eigenvalue weighted by molar-refractivity contribution is 5.91. The van der Waals surface area contributed by atoms with Gasteiger partial charge in [0, 0.05) is 7.11 Å². The van der Waals surface area contributed by atoms with Gasteiger partial charge < -0.3 is 47.4 Å². The topological polar surface area (TPSA) is 144 Å². The Kier molecular flexibility index (Phi) is 16.9. The lowest BCUT2D eigenvalue weighted by molar-refractivity contribution is -0.337. The van der Waals surface area contributed by atoms with Crippen molar-refractivity contribution in [3.63, 3.8) is 0 Å². The van der Waals surface area contributed by atoms with Gasteiger partial charge >= 0.3 is 17.9 Å². The molecule has 2 aliphatic rings. The predicted molar refractivity (Wildman–Crippen MR) is 248 cm³/mol. The van der Waals surface area contributed by atoms with E-state index in [1.54, 1.807) is 91.0 Å². The van der Waals surface area contributed by atoms with Gasteiger partial charge in [0.2, 0.25) is 0 Å². The minimum atomic E-state index is -1.48. The van der Waals surface area contributed by atoms with Crippen molar-refractivity contribution in [2.45, 2.75) is 88.2 Å². The molecule has 0 radical (unpaired) electrons. The summed E-state index contributed by atoms with van der Waals surface area (Å²) in [6.45, 7) is 2.25. The summed E-state index contributed by atoms with van der Waals surface area (Å²) >= 11 is 0. The second kappa shape index (κ2) is 23.9. The van der Waals surface area contributed by atoms with Crippen LogP contribution in [0.5, 0.6) is 0 Å². The van der Waals surface area contributed by atoms with Crippen molar-refractivity contribution in [1.82, 2.24) is 0 Å². The first-order valence-corrected chi connectivity index (χ1v) is 22.5. The van der Waals surface area contributed by atoms with Gasteiger partial charge in [-0.3, -0.25) is 0 Å². The molecule has 0 saturated carbocycles. The minimum Gasteiger partial charge on any atom is -0.452 e. The van der Waals surface area contributed by atoms with Crippen LogP contribution < -0.4 is 0 Å². The van der Waals surface area contributed by atoms with Gasteiger partial charge in [-0.05, 0) is 60.0 Å². The van der Waals surface area contributed by atoms with E-state index in [0.717, 1.165) is 16.7 Å². The number of carbonyl (C=O) groups excluding carboxylic acids is 3. The van der Waals surface area contributed by atoms with E-state index >= 15 is 0 Å². The molecular weight excluding hydrogens is 869 g/mol. The van der Waals surface area contributed by atoms with Gasteiger partial charge in [-0.2, -0.15) is 0 Å². The number of methoxy groups -OCH3 is 1. The minimum absolute atomic E-state index is 0.175. The first kappa shape index (κ1) is 47.9. The van der Waals surface area contributed by atoms with Gasteiger partial charge in [0.1, 0.15) is 24.4 Å². The monoisotopic (exact) mass is 922 g/mol. The first-order valence-electron chi connectivity index (χ1n) is 22.5. The lowest BCUT2D eigenvalue weighted by Gasteiger charge is -2.47. The van der Waals surface area contributed by atoms with E-state index in [9.17, 15) is 14.4 Å². The standard InChI is InChI=1S/C55H54O13/c1-37-45(60-33-38-21-9-3-10-22-38)47(61-34-39-23-11-4-12-24-39)49(62-35-40-25-13-5-14-26-40)55(64-37)63-36-44-46(66-51(56)41-27-15-6-16-28-41)48(67-52(57)42-29-17-7-18-30-42)50(54(59-2)65-44)68-53(58)43-31-19-8-20-32-43/h3-32,37,44-50,54-55H,33-36H2,1-2H3/t37-,44-,45-,46-,47+,48+,49-,50-,54+,55-/m1/s1. The Labute approximate surface area is 395 Å². The lowest BCUT2D eigenvalue weighted by atomic mass is 9.97. The maximum atomic E-state index is 14.0. The zero-order chi connectivity index (χ0) is 47.1. The largest absolute Gasteiger partial charge is 0.452 e. The quantitative estimate of drug-likeness (QED) is 0.0566. The number of carbonyl (C=O) groups is 3. The number of hydrogen-bond acceptors (Lipinski definition) is 13. The summed E-state index contributed by atoms with van der Waals surface area (Å²) in [4.78, 5) is 41.8. The lowest BCUT2D eigenvalue weighted by Crippen LogP contribution is -2.64. The highest BCUT2D eigenvalue weighted by atomic mass is 16.8. The number of esters is 3. The highest BCUT2D eigenvalue weighted by Gasteiger charge is 2.54. The zero-order valence-electron chi connectivity index (χ0n) is 37.7. The van der Waals surface area contributed by atoms with Crippen molar-refractivity contribution in [3.8, 4) is 0 Å². The van der Waals surface area contributed by atoms with Crippen molar-refractivity contribution in [1.29, 1.82) is 0 Å². The van der Waals surface area contributed by atoms with Crippen molar-refractivity contribution in [2.75, 3.05) is 13.7 Å². The molecule has 68 heavy (non-hydrogen) atoms. The number of benzene rings is 6. The molecule has 0 spiro atoms. The Balaban J connectivity index is 1.13. The van der Waals surface area contributed by atoms with Gasteiger partial charge in [0.25, 0.3) is 0 Å². The van der Waals surface area contributed by atoms with E-state index in [2.05, 4.69) is 0 Å². The van der Waals surface area contributed by atoms with E-state index < -0.39 is 79.3 Å². The fraction of sp³-hybridized carbons (Fsp3) is 0.291. The van der Waals surface area contributed by atoms with Gasteiger partial charge in [-0.15, -0.1) is 0 Å². The summed E-state index contributed by atoms with van der Waals surface area (Å²) < 4.78 is 64.4. The van der Waals surface area contributed by atoms with Crippen LogP contribution >= 0.6 is 0 Å². The fourth-order valence-corrected chi connectivity index (χ4v) is 8.09. The Morgan fingerprint density at radius 3 is 1.19 bits per heavy atom. The third-order valence-electron chi connectivity index (χ3n) is 11.6. The molecule has 10 atom stereocenters. The summed E-state index contributed by atoms with van der Waals surface area (Å²) in [5.74, 6) is -2.28. The van der Waals surface area contributed by atoms with Crippen LogP contribution in [-0.4, -0.2) is 93.0 Å². The summed E-state index contributed by atoms with van der Waals surface area (Å²) in [7, 11) is 1.36. The molecule has 6 aromatic carbocycles. The molecule has 13 heteroatoms. The Hall–Kier alpha value is -6.55. The van der Waals surface area contributed by atoms with Gasteiger partial charge in [-0.25, -0.2) is 14.4 Å². The summed E-state index contributed by atoms with van der Waals surface area (Å²) in [6, 6.07) is 54.2. The van der Waals surface area contributed by atoms with Crippen LogP contribution in [0, 0.1) is 0 Å². The average Bonchev–Trinajstić information content (AvgIpc) is 3.39. The molecule has 6 aromatic rings. The summed E-state index contributed by atoms with van der Waals surface area (Å²) in [5.41, 5.74) is 3.45. The second-order valence-corrected chi connectivity index (χ2v) is 16.3. The molecule has 2 fully saturated rings. The van der Waals surface area contributed by atoms with Crippen molar-refractivity contribution in [3.05, 3.63) is 215 Å². The van der Waals surface area contributed by atoms with Crippen LogP contribution in [0.1, 0.15) is 54.7 Å². The SMILES string of the molecule is CO[C@H]1O[C@H](CO[C@@H]2O[C@H](C)[C@@H](OCc3ccccc3)[C@H](OCc3ccccc3)[C@H]2OCc2ccccc2)[C@@H](OC(=O)c2ccccc2)[C@H](OC(=O)c2ccccc2)[C@H]1OC(=O)c1ccccc1. The van der Waals surface area contributed by atoms with Crippen LogP contribution in [0.2, 0.25) is 0 Å². The molecule has 352 valence electrons. The second-order valence-electron chi connectivity index (χ2n) is 16.3. The smallest absolute Gasteiger partial charge is 0.338 e. The Bertz CT molecular complexity index is 2460. The van der Waals surface area contributed by atoms with E-state index in [0.29, 0.717) is 0 Å². The maximum absolute atomic E-state index is 14.0. The van der Waals surface area contributed by atoms with Crippen molar-refractivity contribution in [2.24, 2.45) is 0 Å².